The summed E-state index contributed by atoms with van der Waals surface area (Å²) in [5.41, 5.74) is 0. The van der Waals surface area contributed by atoms with Crippen LogP contribution in [0.25, 0.3) is 0 Å². The Hall–Kier alpha value is 0.250. The largest absolute Gasteiger partial charge is 0.303 e. The Morgan fingerprint density at radius 1 is 1.23 bits per heavy atom. The number of nitrogens with zero attached hydrogens (tertiary/aromatic N) is 1. The molecule has 0 radical (unpaired) electrons. The van der Waals surface area contributed by atoms with Gasteiger partial charge in [-0.05, 0) is 31.8 Å². The standard InChI is InChI=1S/C11H24ClN/c1-4-11(3)10-13(5-2)9-7-6-8-12/h11H,4-10H2,1-3H3. The van der Waals surface area contributed by atoms with Crippen LogP contribution >= 0.6 is 11.6 Å². The van der Waals surface area contributed by atoms with Crippen molar-refractivity contribution in [1.29, 1.82) is 0 Å². The zero-order valence-corrected chi connectivity index (χ0v) is 10.1. The van der Waals surface area contributed by atoms with E-state index in [0.717, 1.165) is 18.2 Å². The first-order valence-electron chi connectivity index (χ1n) is 5.52. The summed E-state index contributed by atoms with van der Waals surface area (Å²) in [6.45, 7) is 10.5. The Kier molecular flexibility index (Phi) is 9.00. The molecule has 0 aliphatic rings. The van der Waals surface area contributed by atoms with Gasteiger partial charge in [0.25, 0.3) is 0 Å². The molecular formula is C11H24ClN. The van der Waals surface area contributed by atoms with Gasteiger partial charge < -0.3 is 4.90 Å². The van der Waals surface area contributed by atoms with Crippen molar-refractivity contribution in [3.8, 4) is 0 Å². The topological polar surface area (TPSA) is 3.24 Å². The second-order valence-electron chi connectivity index (χ2n) is 3.80. The first kappa shape index (κ1) is 13.2. The molecule has 0 bridgehead atoms. The average Bonchev–Trinajstić information content (AvgIpc) is 2.16. The maximum atomic E-state index is 5.64. The lowest BCUT2D eigenvalue weighted by Gasteiger charge is -2.23. The lowest BCUT2D eigenvalue weighted by molar-refractivity contribution is 0.242. The monoisotopic (exact) mass is 205 g/mol. The lowest BCUT2D eigenvalue weighted by Crippen LogP contribution is -2.29. The first-order chi connectivity index (χ1) is 6.24. The van der Waals surface area contributed by atoms with E-state index in [4.69, 9.17) is 11.6 Å². The fourth-order valence-electron chi connectivity index (χ4n) is 1.38. The van der Waals surface area contributed by atoms with Gasteiger partial charge in [0, 0.05) is 12.4 Å². The fraction of sp³-hybridized carbons (Fsp3) is 1.00. The van der Waals surface area contributed by atoms with Crippen molar-refractivity contribution in [1.82, 2.24) is 4.90 Å². The number of hydrogen-bond donors (Lipinski definition) is 0. The molecule has 0 aromatic rings. The van der Waals surface area contributed by atoms with Crippen LogP contribution in [0.4, 0.5) is 0 Å². The molecule has 0 spiro atoms. The van der Waals surface area contributed by atoms with Gasteiger partial charge in [0.15, 0.2) is 0 Å². The minimum atomic E-state index is 0.806. The number of alkyl halides is 1. The van der Waals surface area contributed by atoms with Crippen LogP contribution in [0.1, 0.15) is 40.0 Å². The Morgan fingerprint density at radius 2 is 1.92 bits per heavy atom. The summed E-state index contributed by atoms with van der Waals surface area (Å²) < 4.78 is 0. The van der Waals surface area contributed by atoms with Gasteiger partial charge in [0.2, 0.25) is 0 Å². The Morgan fingerprint density at radius 3 is 2.38 bits per heavy atom. The second kappa shape index (κ2) is 8.83. The number of halogens is 1. The van der Waals surface area contributed by atoms with Crippen LogP contribution < -0.4 is 0 Å². The smallest absolute Gasteiger partial charge is 0.0223 e. The Bertz CT molecular complexity index is 106. The third-order valence-electron chi connectivity index (χ3n) is 2.57. The van der Waals surface area contributed by atoms with E-state index in [1.165, 1.54) is 32.5 Å². The van der Waals surface area contributed by atoms with Gasteiger partial charge in [0.1, 0.15) is 0 Å². The summed E-state index contributed by atoms with van der Waals surface area (Å²) in [6, 6.07) is 0. The molecular weight excluding hydrogens is 182 g/mol. The van der Waals surface area contributed by atoms with Crippen molar-refractivity contribution in [2.24, 2.45) is 5.92 Å². The molecule has 0 rings (SSSR count). The van der Waals surface area contributed by atoms with Crippen molar-refractivity contribution >= 4 is 11.6 Å². The molecule has 0 aliphatic heterocycles. The highest BCUT2D eigenvalue weighted by Crippen LogP contribution is 2.05. The molecule has 1 nitrogen and oxygen atoms in total. The fourth-order valence-corrected chi connectivity index (χ4v) is 1.57. The van der Waals surface area contributed by atoms with E-state index < -0.39 is 0 Å². The zero-order valence-electron chi connectivity index (χ0n) is 9.35. The van der Waals surface area contributed by atoms with Crippen molar-refractivity contribution in [3.05, 3.63) is 0 Å². The Labute approximate surface area is 88.5 Å². The summed E-state index contributed by atoms with van der Waals surface area (Å²) in [6.07, 6.45) is 3.68. The molecule has 1 unspecified atom stereocenters. The molecule has 0 aromatic carbocycles. The Balaban J connectivity index is 3.50. The summed E-state index contributed by atoms with van der Waals surface area (Å²) in [7, 11) is 0. The van der Waals surface area contributed by atoms with E-state index in [0.29, 0.717) is 0 Å². The molecule has 80 valence electrons. The molecule has 0 amide bonds. The SMILES string of the molecule is CCC(C)CN(CC)CCCCCl. The summed E-state index contributed by atoms with van der Waals surface area (Å²) in [5, 5.41) is 0. The highest BCUT2D eigenvalue weighted by atomic mass is 35.5. The van der Waals surface area contributed by atoms with Gasteiger partial charge in [0.05, 0.1) is 0 Å². The van der Waals surface area contributed by atoms with Gasteiger partial charge in [-0.1, -0.05) is 27.2 Å². The number of hydrogen-bond acceptors (Lipinski definition) is 1. The minimum absolute atomic E-state index is 0.806. The molecule has 0 saturated heterocycles. The lowest BCUT2D eigenvalue weighted by atomic mass is 10.1. The van der Waals surface area contributed by atoms with Crippen molar-refractivity contribution in [2.75, 3.05) is 25.5 Å². The van der Waals surface area contributed by atoms with Gasteiger partial charge in [-0.2, -0.15) is 0 Å². The van der Waals surface area contributed by atoms with E-state index in [1.54, 1.807) is 0 Å². The van der Waals surface area contributed by atoms with Crippen molar-refractivity contribution in [3.63, 3.8) is 0 Å². The van der Waals surface area contributed by atoms with Crippen LogP contribution in [-0.2, 0) is 0 Å². The average molecular weight is 206 g/mol. The highest BCUT2D eigenvalue weighted by Gasteiger charge is 2.05. The zero-order chi connectivity index (χ0) is 10.1. The maximum Gasteiger partial charge on any atom is 0.0223 e. The predicted molar refractivity (Wildman–Crippen MR) is 61.5 cm³/mol. The molecule has 13 heavy (non-hydrogen) atoms. The van der Waals surface area contributed by atoms with E-state index in [2.05, 4.69) is 25.7 Å². The van der Waals surface area contributed by atoms with Crippen LogP contribution in [0.3, 0.4) is 0 Å². The molecule has 0 fully saturated rings. The molecule has 0 aliphatic carbocycles. The summed E-state index contributed by atoms with van der Waals surface area (Å²) in [4.78, 5) is 2.53. The number of rotatable bonds is 8. The van der Waals surface area contributed by atoms with Crippen LogP contribution in [0.15, 0.2) is 0 Å². The minimum Gasteiger partial charge on any atom is -0.303 e. The molecule has 2 heteroatoms. The number of unbranched alkanes of at least 4 members (excludes halogenated alkanes) is 1. The van der Waals surface area contributed by atoms with Gasteiger partial charge >= 0.3 is 0 Å². The molecule has 0 saturated carbocycles. The van der Waals surface area contributed by atoms with Gasteiger partial charge in [-0.3, -0.25) is 0 Å². The van der Waals surface area contributed by atoms with E-state index in [9.17, 15) is 0 Å². The van der Waals surface area contributed by atoms with Crippen molar-refractivity contribution < 1.29 is 0 Å². The van der Waals surface area contributed by atoms with E-state index >= 15 is 0 Å². The quantitative estimate of drug-likeness (QED) is 0.434. The van der Waals surface area contributed by atoms with Crippen LogP contribution in [0.2, 0.25) is 0 Å². The third-order valence-corrected chi connectivity index (χ3v) is 2.84. The molecule has 0 heterocycles. The summed E-state index contributed by atoms with van der Waals surface area (Å²) in [5.74, 6) is 1.64. The van der Waals surface area contributed by atoms with Crippen LogP contribution in [-0.4, -0.2) is 30.4 Å². The van der Waals surface area contributed by atoms with E-state index in [-0.39, 0.29) is 0 Å². The second-order valence-corrected chi connectivity index (χ2v) is 4.18. The molecule has 1 atom stereocenters. The maximum absolute atomic E-state index is 5.64. The molecule has 0 aromatic heterocycles. The predicted octanol–water partition coefficient (Wildman–Crippen LogP) is 3.37. The van der Waals surface area contributed by atoms with E-state index in [1.807, 2.05) is 0 Å². The van der Waals surface area contributed by atoms with Crippen molar-refractivity contribution in [2.45, 2.75) is 40.0 Å². The van der Waals surface area contributed by atoms with Gasteiger partial charge in [-0.25, -0.2) is 0 Å². The van der Waals surface area contributed by atoms with Gasteiger partial charge in [-0.15, -0.1) is 11.6 Å². The summed E-state index contributed by atoms with van der Waals surface area (Å²) >= 11 is 5.64. The normalized spacial score (nSPS) is 13.6. The van der Waals surface area contributed by atoms with Crippen LogP contribution in [0.5, 0.6) is 0 Å². The third kappa shape index (κ3) is 7.33. The molecule has 0 N–H and O–H groups in total. The van der Waals surface area contributed by atoms with Crippen LogP contribution in [0, 0.1) is 5.92 Å². The first-order valence-corrected chi connectivity index (χ1v) is 6.06. The highest BCUT2D eigenvalue weighted by molar-refractivity contribution is 6.17.